The second-order valence-electron chi connectivity index (χ2n) is 3.91. The third kappa shape index (κ3) is 1.94. The smallest absolute Gasteiger partial charge is 0.0824 e. The van der Waals surface area contributed by atoms with Crippen LogP contribution in [0.5, 0.6) is 0 Å². The van der Waals surface area contributed by atoms with Crippen molar-refractivity contribution in [2.24, 2.45) is 5.41 Å². The van der Waals surface area contributed by atoms with Crippen LogP contribution < -0.4 is 0 Å². The molecule has 0 heterocycles. The maximum Gasteiger partial charge on any atom is 0.0824 e. The average Bonchev–Trinajstić information content (AvgIpc) is 2.04. The van der Waals surface area contributed by atoms with Crippen molar-refractivity contribution in [3.05, 3.63) is 0 Å². The Hall–Kier alpha value is -0.0800. The third-order valence-electron chi connectivity index (χ3n) is 2.97. The number of hydrogen-bond acceptors (Lipinski definition) is 2. The summed E-state index contributed by atoms with van der Waals surface area (Å²) in [5.74, 6) is 0. The van der Waals surface area contributed by atoms with Crippen LogP contribution in [0.25, 0.3) is 0 Å². The zero-order chi connectivity index (χ0) is 8.32. The molecule has 0 saturated heterocycles. The molecule has 11 heavy (non-hydrogen) atoms. The minimum atomic E-state index is -0.511. The number of hydrogen-bond donors (Lipinski definition) is 2. The quantitative estimate of drug-likeness (QED) is 0.636. The summed E-state index contributed by atoms with van der Waals surface area (Å²) >= 11 is 0. The summed E-state index contributed by atoms with van der Waals surface area (Å²) in [7, 11) is 0. The number of aliphatic hydroxyl groups is 2. The van der Waals surface area contributed by atoms with Crippen molar-refractivity contribution in [3.8, 4) is 0 Å². The van der Waals surface area contributed by atoms with Crippen LogP contribution in [-0.4, -0.2) is 22.9 Å². The van der Waals surface area contributed by atoms with Gasteiger partial charge in [-0.25, -0.2) is 0 Å². The minimum absolute atomic E-state index is 0.00694. The summed E-state index contributed by atoms with van der Waals surface area (Å²) < 4.78 is 0. The molecule has 1 atom stereocenters. The minimum Gasteiger partial charge on any atom is -0.394 e. The van der Waals surface area contributed by atoms with Gasteiger partial charge in [-0.2, -0.15) is 0 Å². The lowest BCUT2D eigenvalue weighted by molar-refractivity contribution is -0.0261. The molecule has 0 aromatic carbocycles. The van der Waals surface area contributed by atoms with E-state index in [0.717, 1.165) is 12.8 Å². The highest BCUT2D eigenvalue weighted by Gasteiger charge is 2.33. The van der Waals surface area contributed by atoms with Crippen molar-refractivity contribution < 1.29 is 10.2 Å². The highest BCUT2D eigenvalue weighted by Crippen LogP contribution is 2.38. The summed E-state index contributed by atoms with van der Waals surface area (Å²) in [6.45, 7) is 1.99. The van der Waals surface area contributed by atoms with Gasteiger partial charge in [0.1, 0.15) is 0 Å². The van der Waals surface area contributed by atoms with Crippen molar-refractivity contribution in [2.75, 3.05) is 6.61 Å². The Morgan fingerprint density at radius 3 is 2.27 bits per heavy atom. The zero-order valence-electron chi connectivity index (χ0n) is 7.21. The van der Waals surface area contributed by atoms with E-state index in [2.05, 4.69) is 6.92 Å². The zero-order valence-corrected chi connectivity index (χ0v) is 7.21. The van der Waals surface area contributed by atoms with E-state index in [4.69, 9.17) is 5.11 Å². The van der Waals surface area contributed by atoms with Crippen LogP contribution in [0.4, 0.5) is 0 Å². The molecule has 1 fully saturated rings. The molecule has 2 nitrogen and oxygen atoms in total. The van der Waals surface area contributed by atoms with Crippen LogP contribution >= 0.6 is 0 Å². The van der Waals surface area contributed by atoms with Gasteiger partial charge >= 0.3 is 0 Å². The topological polar surface area (TPSA) is 40.5 Å². The lowest BCUT2D eigenvalue weighted by Gasteiger charge is -2.36. The summed E-state index contributed by atoms with van der Waals surface area (Å²) in [6, 6.07) is 0. The first kappa shape index (κ1) is 9.01. The molecule has 1 aliphatic carbocycles. The van der Waals surface area contributed by atoms with Crippen LogP contribution in [0, 0.1) is 5.41 Å². The van der Waals surface area contributed by atoms with E-state index >= 15 is 0 Å². The molecule has 1 aliphatic rings. The molecular weight excluding hydrogens is 140 g/mol. The van der Waals surface area contributed by atoms with Gasteiger partial charge in [-0.15, -0.1) is 0 Å². The molecule has 2 N–H and O–H groups in total. The first-order valence-corrected chi connectivity index (χ1v) is 4.48. The molecule has 0 spiro atoms. The van der Waals surface area contributed by atoms with Crippen LogP contribution in [0.1, 0.15) is 39.0 Å². The maximum atomic E-state index is 9.49. The highest BCUT2D eigenvalue weighted by molar-refractivity contribution is 4.84. The molecule has 1 unspecified atom stereocenters. The fraction of sp³-hybridized carbons (Fsp3) is 1.00. The molecule has 0 radical (unpaired) electrons. The first-order chi connectivity index (χ1) is 5.19. The van der Waals surface area contributed by atoms with E-state index in [-0.39, 0.29) is 12.0 Å². The summed E-state index contributed by atoms with van der Waals surface area (Å²) in [6.07, 6.45) is 5.31. The van der Waals surface area contributed by atoms with Gasteiger partial charge in [-0.3, -0.25) is 0 Å². The molecule has 0 amide bonds. The van der Waals surface area contributed by atoms with Crippen molar-refractivity contribution in [3.63, 3.8) is 0 Å². The largest absolute Gasteiger partial charge is 0.394 e. The predicted molar refractivity (Wildman–Crippen MR) is 44.3 cm³/mol. The molecule has 0 aliphatic heterocycles. The molecule has 2 heteroatoms. The van der Waals surface area contributed by atoms with Gasteiger partial charge in [0.05, 0.1) is 12.7 Å². The van der Waals surface area contributed by atoms with E-state index in [1.54, 1.807) is 0 Å². The lowest BCUT2D eigenvalue weighted by Crippen LogP contribution is -2.36. The Labute approximate surface area is 68.2 Å². The van der Waals surface area contributed by atoms with Crippen LogP contribution in [0.2, 0.25) is 0 Å². The standard InChI is InChI=1S/C9H18O2/c1-9(8(11)7-10)5-3-2-4-6-9/h8,10-11H,2-7H2,1H3. The van der Waals surface area contributed by atoms with E-state index in [1.165, 1.54) is 19.3 Å². The van der Waals surface area contributed by atoms with Gasteiger partial charge < -0.3 is 10.2 Å². The molecule has 1 saturated carbocycles. The Bertz CT molecular complexity index is 117. The number of rotatable bonds is 2. The fourth-order valence-electron chi connectivity index (χ4n) is 1.91. The SMILES string of the molecule is CC1(C(O)CO)CCCCC1. The van der Waals surface area contributed by atoms with Gasteiger partial charge in [-0.1, -0.05) is 26.2 Å². The van der Waals surface area contributed by atoms with Crippen molar-refractivity contribution in [1.82, 2.24) is 0 Å². The predicted octanol–water partition coefficient (Wildman–Crippen LogP) is 1.31. The lowest BCUT2D eigenvalue weighted by atomic mass is 9.72. The van der Waals surface area contributed by atoms with Gasteiger partial charge in [0.25, 0.3) is 0 Å². The molecule has 0 aromatic heterocycles. The van der Waals surface area contributed by atoms with Gasteiger partial charge in [0.2, 0.25) is 0 Å². The van der Waals surface area contributed by atoms with Crippen molar-refractivity contribution in [2.45, 2.75) is 45.1 Å². The number of aliphatic hydroxyl groups excluding tert-OH is 2. The molecule has 66 valence electrons. The second-order valence-corrected chi connectivity index (χ2v) is 3.91. The van der Waals surface area contributed by atoms with E-state index in [1.807, 2.05) is 0 Å². The van der Waals surface area contributed by atoms with Crippen molar-refractivity contribution in [1.29, 1.82) is 0 Å². The molecule has 1 rings (SSSR count). The Morgan fingerprint density at radius 2 is 1.82 bits per heavy atom. The van der Waals surface area contributed by atoms with E-state index < -0.39 is 6.10 Å². The summed E-state index contributed by atoms with van der Waals surface area (Å²) in [5, 5.41) is 18.3. The monoisotopic (exact) mass is 158 g/mol. The molecule has 0 bridgehead atoms. The summed E-state index contributed by atoms with van der Waals surface area (Å²) in [5.41, 5.74) is -0.00694. The first-order valence-electron chi connectivity index (χ1n) is 4.48. The van der Waals surface area contributed by atoms with Gasteiger partial charge in [-0.05, 0) is 18.3 Å². The van der Waals surface area contributed by atoms with Crippen molar-refractivity contribution >= 4 is 0 Å². The second kappa shape index (κ2) is 3.55. The Balaban J connectivity index is 2.49. The molecule has 0 aromatic rings. The maximum absolute atomic E-state index is 9.49. The Morgan fingerprint density at radius 1 is 1.27 bits per heavy atom. The summed E-state index contributed by atoms with van der Waals surface area (Å²) in [4.78, 5) is 0. The normalized spacial score (nSPS) is 26.5. The van der Waals surface area contributed by atoms with Crippen LogP contribution in [0.3, 0.4) is 0 Å². The highest BCUT2D eigenvalue weighted by atomic mass is 16.3. The van der Waals surface area contributed by atoms with Gasteiger partial charge in [0.15, 0.2) is 0 Å². The van der Waals surface area contributed by atoms with E-state index in [9.17, 15) is 5.11 Å². The van der Waals surface area contributed by atoms with Crippen LogP contribution in [-0.2, 0) is 0 Å². The van der Waals surface area contributed by atoms with Gasteiger partial charge in [0, 0.05) is 0 Å². The Kier molecular flexibility index (Phi) is 2.90. The van der Waals surface area contributed by atoms with Crippen LogP contribution in [0.15, 0.2) is 0 Å². The third-order valence-corrected chi connectivity index (χ3v) is 2.97. The fourth-order valence-corrected chi connectivity index (χ4v) is 1.91. The average molecular weight is 158 g/mol. The van der Waals surface area contributed by atoms with E-state index in [0.29, 0.717) is 0 Å². The molecular formula is C9H18O2.